The smallest absolute Gasteiger partial charge is 0.330 e. The van der Waals surface area contributed by atoms with Crippen LogP contribution in [-0.4, -0.2) is 46.4 Å². The average molecular weight is 390 g/mol. The van der Waals surface area contributed by atoms with Gasteiger partial charge in [-0.25, -0.2) is 4.79 Å². The van der Waals surface area contributed by atoms with Crippen LogP contribution < -0.4 is 0 Å². The van der Waals surface area contributed by atoms with E-state index in [4.69, 9.17) is 9.47 Å². The van der Waals surface area contributed by atoms with Gasteiger partial charge in [0.05, 0.1) is 10.8 Å². The van der Waals surface area contributed by atoms with E-state index in [1.54, 1.807) is 6.08 Å². The predicted octanol–water partition coefficient (Wildman–Crippen LogP) is 1.42. The Morgan fingerprint density at radius 2 is 2.11 bits per heavy atom. The van der Waals surface area contributed by atoms with Gasteiger partial charge in [-0.3, -0.25) is 9.59 Å². The quantitative estimate of drug-likeness (QED) is 0.415. The fourth-order valence-electron chi connectivity index (χ4n) is 5.97. The zero-order valence-electron chi connectivity index (χ0n) is 16.3. The van der Waals surface area contributed by atoms with Gasteiger partial charge in [0.15, 0.2) is 0 Å². The minimum absolute atomic E-state index is 0.143. The van der Waals surface area contributed by atoms with E-state index >= 15 is 0 Å². The molecule has 1 aliphatic heterocycles. The highest BCUT2D eigenvalue weighted by Crippen LogP contribution is 2.82. The van der Waals surface area contributed by atoms with Crippen LogP contribution in [-0.2, 0) is 23.9 Å². The van der Waals surface area contributed by atoms with Crippen molar-refractivity contribution < 1.29 is 34.1 Å². The third-order valence-electron chi connectivity index (χ3n) is 7.22. The summed E-state index contributed by atoms with van der Waals surface area (Å²) >= 11 is 0. The maximum absolute atomic E-state index is 12.7. The van der Waals surface area contributed by atoms with Gasteiger partial charge in [-0.15, -0.1) is 0 Å². The van der Waals surface area contributed by atoms with Gasteiger partial charge in [0, 0.05) is 23.0 Å². The monoisotopic (exact) mass is 390 g/mol. The second-order valence-corrected chi connectivity index (χ2v) is 9.24. The van der Waals surface area contributed by atoms with E-state index < -0.39 is 52.1 Å². The molecule has 2 N–H and O–H groups in total. The number of rotatable bonds is 5. The standard InChI is InChI=1S/C21H26O7/c1-4-5-6-7-14(23)27-15-18(2,3)9-13-20-11-19(20,16(24)28-17(20)25)12(10-22)8-21(13,15)26/h6-8,10,13,15-16,24,26H,4-5,9,11H2,1-3H3/b7-6+/t13-,15-,16+,19+,20-,21-/m1/s1. The molecule has 0 aromatic heterocycles. The number of fused-ring (bicyclic) bond motifs is 1. The minimum Gasteiger partial charge on any atom is -0.455 e. The third-order valence-corrected chi connectivity index (χ3v) is 7.22. The molecule has 4 rings (SSSR count). The maximum Gasteiger partial charge on any atom is 0.330 e. The molecule has 0 aromatic carbocycles. The fraction of sp³-hybridized carbons (Fsp3) is 0.667. The lowest BCUT2D eigenvalue weighted by Gasteiger charge is -2.40. The molecule has 0 unspecified atom stereocenters. The van der Waals surface area contributed by atoms with Crippen LogP contribution in [0.4, 0.5) is 0 Å². The van der Waals surface area contributed by atoms with Crippen molar-refractivity contribution in [1.82, 2.24) is 0 Å². The number of unbranched alkanes of at least 4 members (excludes halogenated alkanes) is 1. The molecule has 0 aromatic rings. The topological polar surface area (TPSA) is 110 Å². The van der Waals surface area contributed by atoms with Crippen molar-refractivity contribution in [3.8, 4) is 0 Å². The van der Waals surface area contributed by atoms with Crippen molar-refractivity contribution in [3.05, 3.63) is 23.8 Å². The number of aliphatic hydroxyl groups excluding tert-OH is 1. The molecule has 152 valence electrons. The van der Waals surface area contributed by atoms with Gasteiger partial charge < -0.3 is 19.7 Å². The molecule has 3 aliphatic carbocycles. The van der Waals surface area contributed by atoms with Gasteiger partial charge in [0.2, 0.25) is 6.29 Å². The Morgan fingerprint density at radius 1 is 1.39 bits per heavy atom. The second-order valence-electron chi connectivity index (χ2n) is 9.24. The summed E-state index contributed by atoms with van der Waals surface area (Å²) in [7, 11) is 0. The number of ether oxygens (including phenoxy) is 2. The van der Waals surface area contributed by atoms with E-state index in [0.717, 1.165) is 12.8 Å². The fourth-order valence-corrected chi connectivity index (χ4v) is 5.97. The van der Waals surface area contributed by atoms with Crippen molar-refractivity contribution in [3.63, 3.8) is 0 Å². The van der Waals surface area contributed by atoms with Gasteiger partial charge >= 0.3 is 11.9 Å². The predicted molar refractivity (Wildman–Crippen MR) is 96.5 cm³/mol. The average Bonchev–Trinajstić information content (AvgIpc) is 3.24. The molecular weight excluding hydrogens is 364 g/mol. The molecule has 28 heavy (non-hydrogen) atoms. The molecule has 7 nitrogen and oxygen atoms in total. The normalized spacial score (nSPS) is 45.0. The third kappa shape index (κ3) is 2.09. The minimum atomic E-state index is -1.68. The van der Waals surface area contributed by atoms with Gasteiger partial charge in [-0.05, 0) is 25.3 Å². The summed E-state index contributed by atoms with van der Waals surface area (Å²) in [5.41, 5.74) is -4.43. The molecule has 0 radical (unpaired) electrons. The second kappa shape index (κ2) is 5.76. The first-order valence-corrected chi connectivity index (χ1v) is 9.77. The number of carbonyl (C=O) groups is 3. The van der Waals surface area contributed by atoms with Crippen LogP contribution in [0, 0.1) is 22.2 Å². The van der Waals surface area contributed by atoms with Crippen molar-refractivity contribution in [1.29, 1.82) is 0 Å². The van der Waals surface area contributed by atoms with E-state index in [2.05, 4.69) is 0 Å². The lowest BCUT2D eigenvalue weighted by atomic mass is 9.66. The first kappa shape index (κ1) is 19.3. The number of cyclic esters (lactones) is 1. The van der Waals surface area contributed by atoms with Gasteiger partial charge in [-0.1, -0.05) is 33.3 Å². The highest BCUT2D eigenvalue weighted by Gasteiger charge is 2.90. The highest BCUT2D eigenvalue weighted by atomic mass is 16.6. The summed E-state index contributed by atoms with van der Waals surface area (Å²) in [6, 6.07) is 0. The van der Waals surface area contributed by atoms with Crippen LogP contribution in [0.1, 0.15) is 46.5 Å². The van der Waals surface area contributed by atoms with Crippen molar-refractivity contribution in [2.75, 3.05) is 0 Å². The highest BCUT2D eigenvalue weighted by molar-refractivity contribution is 5.94. The Kier molecular flexibility index (Phi) is 3.98. The molecule has 0 bridgehead atoms. The molecule has 6 atom stereocenters. The van der Waals surface area contributed by atoms with Crippen LogP contribution >= 0.6 is 0 Å². The van der Waals surface area contributed by atoms with Gasteiger partial charge in [-0.2, -0.15) is 0 Å². The van der Waals surface area contributed by atoms with Gasteiger partial charge in [0.25, 0.3) is 0 Å². The van der Waals surface area contributed by atoms with E-state index in [1.165, 1.54) is 12.2 Å². The zero-order valence-corrected chi connectivity index (χ0v) is 16.3. The van der Waals surface area contributed by atoms with Crippen LogP contribution in [0.3, 0.4) is 0 Å². The Labute approximate surface area is 163 Å². The first-order chi connectivity index (χ1) is 13.1. The van der Waals surface area contributed by atoms with E-state index in [9.17, 15) is 24.6 Å². The van der Waals surface area contributed by atoms with Gasteiger partial charge in [0.1, 0.15) is 18.0 Å². The van der Waals surface area contributed by atoms with Crippen LogP contribution in [0.25, 0.3) is 0 Å². The van der Waals surface area contributed by atoms with E-state index in [1.807, 2.05) is 20.8 Å². The van der Waals surface area contributed by atoms with E-state index in [0.29, 0.717) is 12.7 Å². The number of hydrogen-bond donors (Lipinski definition) is 2. The molecule has 3 fully saturated rings. The summed E-state index contributed by atoms with van der Waals surface area (Å²) in [4.78, 5) is 36.8. The Bertz CT molecular complexity index is 812. The molecule has 1 heterocycles. The number of aldehydes is 1. The summed E-state index contributed by atoms with van der Waals surface area (Å²) in [6.07, 6.45) is 4.96. The Hall–Kier alpha value is -1.99. The number of allylic oxidation sites excluding steroid dienone is 1. The molecule has 0 spiro atoms. The molecule has 0 amide bonds. The van der Waals surface area contributed by atoms with Crippen molar-refractivity contribution in [2.24, 2.45) is 22.2 Å². The van der Waals surface area contributed by atoms with Crippen LogP contribution in [0.2, 0.25) is 0 Å². The molecule has 2 saturated carbocycles. The van der Waals surface area contributed by atoms with Crippen LogP contribution in [0.5, 0.6) is 0 Å². The van der Waals surface area contributed by atoms with Crippen LogP contribution in [0.15, 0.2) is 23.8 Å². The number of aliphatic hydroxyl groups is 2. The number of hydrogen-bond acceptors (Lipinski definition) is 7. The molecule has 1 saturated heterocycles. The molecule has 7 heteroatoms. The molecule has 4 aliphatic rings. The largest absolute Gasteiger partial charge is 0.455 e. The van der Waals surface area contributed by atoms with Crippen molar-refractivity contribution in [2.45, 2.75) is 64.4 Å². The maximum atomic E-state index is 12.7. The lowest BCUT2D eigenvalue weighted by Crippen LogP contribution is -2.53. The summed E-state index contributed by atoms with van der Waals surface area (Å²) in [5, 5.41) is 22.0. The Balaban J connectivity index is 1.75. The van der Waals surface area contributed by atoms with Crippen molar-refractivity contribution >= 4 is 18.2 Å². The molecular formula is C21H26O7. The number of carbonyl (C=O) groups excluding carboxylic acids is 3. The Morgan fingerprint density at radius 3 is 2.75 bits per heavy atom. The summed E-state index contributed by atoms with van der Waals surface area (Å²) in [5.74, 6) is -1.77. The summed E-state index contributed by atoms with van der Waals surface area (Å²) < 4.78 is 10.7. The SMILES string of the molecule is CCC/C=C/C(=O)O[C@@H]1C(C)(C)C[C@H]2[C@]1(O)C=C(C=O)[C@]13C[C@]21C(=O)O[C@@H]3O. The lowest BCUT2D eigenvalue weighted by molar-refractivity contribution is -0.169. The summed E-state index contributed by atoms with van der Waals surface area (Å²) in [6.45, 7) is 5.72. The zero-order chi connectivity index (χ0) is 20.5. The number of esters is 2. The van der Waals surface area contributed by atoms with E-state index in [-0.39, 0.29) is 12.0 Å². The first-order valence-electron chi connectivity index (χ1n) is 9.77.